The van der Waals surface area contributed by atoms with Crippen LogP contribution >= 0.6 is 11.6 Å². The van der Waals surface area contributed by atoms with Crippen LogP contribution in [0.25, 0.3) is 11.1 Å². The molecule has 3 aromatic rings. The molecule has 0 bridgehead atoms. The highest BCUT2D eigenvalue weighted by Gasteiger charge is 2.13. The molecule has 1 heterocycles. The molecule has 1 amide bonds. The number of fused-ring (bicyclic) bond motifs is 1. The Balaban J connectivity index is 1.88. The first-order valence-corrected chi connectivity index (χ1v) is 7.80. The van der Waals surface area contributed by atoms with Crippen molar-refractivity contribution in [2.24, 2.45) is 0 Å². The molecule has 0 aliphatic carbocycles. The standard InChI is InChI=1S/C18H17ClN2O2/c1-10(2)18-21-15-6-4-12(9-16(15)23-18)17(22)20-14-7-5-13(19)8-11(14)3/h4-10H,1-3H3,(H,20,22). The first-order chi connectivity index (χ1) is 10.9. The molecule has 0 saturated carbocycles. The second kappa shape index (κ2) is 6.05. The third kappa shape index (κ3) is 3.22. The van der Waals surface area contributed by atoms with Gasteiger partial charge in [-0.15, -0.1) is 0 Å². The Morgan fingerprint density at radius 2 is 2.00 bits per heavy atom. The van der Waals surface area contributed by atoms with Gasteiger partial charge in [0.2, 0.25) is 0 Å². The first kappa shape index (κ1) is 15.6. The van der Waals surface area contributed by atoms with E-state index >= 15 is 0 Å². The smallest absolute Gasteiger partial charge is 0.255 e. The lowest BCUT2D eigenvalue weighted by Gasteiger charge is -2.08. The molecule has 0 atom stereocenters. The number of carbonyl (C=O) groups excluding carboxylic acids is 1. The normalized spacial score (nSPS) is 11.2. The van der Waals surface area contributed by atoms with Gasteiger partial charge in [0.1, 0.15) is 5.52 Å². The molecule has 118 valence electrons. The van der Waals surface area contributed by atoms with Gasteiger partial charge in [0.05, 0.1) is 0 Å². The number of nitrogens with one attached hydrogen (secondary N) is 1. The van der Waals surface area contributed by atoms with Crippen molar-refractivity contribution in [2.75, 3.05) is 5.32 Å². The van der Waals surface area contributed by atoms with Gasteiger partial charge in [0.15, 0.2) is 11.5 Å². The molecule has 2 aromatic carbocycles. The minimum Gasteiger partial charge on any atom is -0.440 e. The average Bonchev–Trinajstić information content (AvgIpc) is 2.93. The highest BCUT2D eigenvalue weighted by molar-refractivity contribution is 6.30. The molecule has 23 heavy (non-hydrogen) atoms. The van der Waals surface area contributed by atoms with Crippen LogP contribution in [0.4, 0.5) is 5.69 Å². The molecule has 0 fully saturated rings. The number of aryl methyl sites for hydroxylation is 1. The van der Waals surface area contributed by atoms with Crippen molar-refractivity contribution in [3.8, 4) is 0 Å². The number of rotatable bonds is 3. The SMILES string of the molecule is Cc1cc(Cl)ccc1NC(=O)c1ccc2nc(C(C)C)oc2c1. The fourth-order valence-corrected chi connectivity index (χ4v) is 2.52. The van der Waals surface area contributed by atoms with E-state index in [1.807, 2.05) is 26.8 Å². The van der Waals surface area contributed by atoms with E-state index in [4.69, 9.17) is 16.0 Å². The summed E-state index contributed by atoms with van der Waals surface area (Å²) in [6.07, 6.45) is 0. The van der Waals surface area contributed by atoms with Crippen LogP contribution in [0.2, 0.25) is 5.02 Å². The summed E-state index contributed by atoms with van der Waals surface area (Å²) in [5.74, 6) is 0.683. The number of hydrogen-bond donors (Lipinski definition) is 1. The second-order valence-electron chi connectivity index (χ2n) is 5.80. The van der Waals surface area contributed by atoms with Crippen LogP contribution in [-0.4, -0.2) is 10.9 Å². The minimum atomic E-state index is -0.195. The van der Waals surface area contributed by atoms with Gasteiger partial charge in [0.25, 0.3) is 5.91 Å². The van der Waals surface area contributed by atoms with Gasteiger partial charge in [-0.2, -0.15) is 0 Å². The molecule has 0 radical (unpaired) electrons. The molecule has 0 saturated heterocycles. The van der Waals surface area contributed by atoms with Crippen LogP contribution in [0.1, 0.15) is 41.6 Å². The van der Waals surface area contributed by atoms with Crippen molar-refractivity contribution in [1.82, 2.24) is 4.98 Å². The lowest BCUT2D eigenvalue weighted by atomic mass is 10.1. The second-order valence-corrected chi connectivity index (χ2v) is 6.24. The maximum absolute atomic E-state index is 12.4. The lowest BCUT2D eigenvalue weighted by Crippen LogP contribution is -2.12. The van der Waals surface area contributed by atoms with Crippen molar-refractivity contribution < 1.29 is 9.21 Å². The van der Waals surface area contributed by atoms with Crippen molar-refractivity contribution in [3.05, 3.63) is 58.4 Å². The monoisotopic (exact) mass is 328 g/mol. The van der Waals surface area contributed by atoms with Gasteiger partial charge >= 0.3 is 0 Å². The van der Waals surface area contributed by atoms with E-state index in [0.29, 0.717) is 22.1 Å². The molecular formula is C18H17ClN2O2. The third-order valence-corrected chi connectivity index (χ3v) is 3.83. The number of anilines is 1. The van der Waals surface area contributed by atoms with E-state index in [0.717, 1.165) is 16.8 Å². The zero-order valence-corrected chi connectivity index (χ0v) is 13.9. The van der Waals surface area contributed by atoms with E-state index in [9.17, 15) is 4.79 Å². The Labute approximate surface area is 139 Å². The quantitative estimate of drug-likeness (QED) is 0.722. The maximum Gasteiger partial charge on any atom is 0.255 e. The summed E-state index contributed by atoms with van der Waals surface area (Å²) >= 11 is 5.93. The van der Waals surface area contributed by atoms with E-state index in [-0.39, 0.29) is 11.8 Å². The van der Waals surface area contributed by atoms with Gasteiger partial charge < -0.3 is 9.73 Å². The number of halogens is 1. The average molecular weight is 329 g/mol. The summed E-state index contributed by atoms with van der Waals surface area (Å²) < 4.78 is 5.70. The Bertz CT molecular complexity index is 884. The molecule has 1 aromatic heterocycles. The van der Waals surface area contributed by atoms with Gasteiger partial charge in [-0.25, -0.2) is 4.98 Å². The molecular weight excluding hydrogens is 312 g/mol. The number of carbonyl (C=O) groups is 1. The van der Waals surface area contributed by atoms with E-state index < -0.39 is 0 Å². The molecule has 1 N–H and O–H groups in total. The van der Waals surface area contributed by atoms with E-state index in [2.05, 4.69) is 10.3 Å². The molecule has 0 aliphatic rings. The number of nitrogens with zero attached hydrogens (tertiary/aromatic N) is 1. The highest BCUT2D eigenvalue weighted by Crippen LogP contribution is 2.24. The molecule has 3 rings (SSSR count). The van der Waals surface area contributed by atoms with Crippen molar-refractivity contribution in [2.45, 2.75) is 26.7 Å². The van der Waals surface area contributed by atoms with Crippen molar-refractivity contribution in [1.29, 1.82) is 0 Å². The third-order valence-electron chi connectivity index (χ3n) is 3.60. The van der Waals surface area contributed by atoms with Crippen LogP contribution in [-0.2, 0) is 0 Å². The highest BCUT2D eigenvalue weighted by atomic mass is 35.5. The fraction of sp³-hybridized carbons (Fsp3) is 0.222. The summed E-state index contributed by atoms with van der Waals surface area (Å²) in [5.41, 5.74) is 3.55. The van der Waals surface area contributed by atoms with Crippen LogP contribution in [0, 0.1) is 6.92 Å². The Kier molecular flexibility index (Phi) is 4.09. The van der Waals surface area contributed by atoms with E-state index in [1.54, 1.807) is 30.3 Å². The summed E-state index contributed by atoms with van der Waals surface area (Å²) in [4.78, 5) is 16.8. The van der Waals surface area contributed by atoms with Gasteiger partial charge in [0, 0.05) is 22.2 Å². The minimum absolute atomic E-state index is 0.195. The lowest BCUT2D eigenvalue weighted by molar-refractivity contribution is 0.102. The summed E-state index contributed by atoms with van der Waals surface area (Å²) in [5, 5.41) is 3.53. The van der Waals surface area contributed by atoms with E-state index in [1.165, 1.54) is 0 Å². The topological polar surface area (TPSA) is 55.1 Å². The van der Waals surface area contributed by atoms with Crippen LogP contribution in [0.5, 0.6) is 0 Å². The Morgan fingerprint density at radius 3 is 2.70 bits per heavy atom. The molecule has 0 unspecified atom stereocenters. The number of aromatic nitrogens is 1. The number of amides is 1. The number of hydrogen-bond acceptors (Lipinski definition) is 3. The largest absolute Gasteiger partial charge is 0.440 e. The van der Waals surface area contributed by atoms with Crippen LogP contribution in [0.3, 0.4) is 0 Å². The molecule has 5 heteroatoms. The van der Waals surface area contributed by atoms with Crippen molar-refractivity contribution in [3.63, 3.8) is 0 Å². The summed E-state index contributed by atoms with van der Waals surface area (Å²) in [6.45, 7) is 5.93. The zero-order valence-electron chi connectivity index (χ0n) is 13.2. The van der Waals surface area contributed by atoms with Crippen molar-refractivity contribution >= 4 is 34.3 Å². The summed E-state index contributed by atoms with van der Waals surface area (Å²) in [7, 11) is 0. The van der Waals surface area contributed by atoms with Gasteiger partial charge in [-0.3, -0.25) is 4.79 Å². The predicted octanol–water partition coefficient (Wildman–Crippen LogP) is 5.17. The number of benzene rings is 2. The summed E-state index contributed by atoms with van der Waals surface area (Å²) in [6, 6.07) is 10.6. The molecule has 4 nitrogen and oxygen atoms in total. The predicted molar refractivity (Wildman–Crippen MR) is 92.2 cm³/mol. The first-order valence-electron chi connectivity index (χ1n) is 7.42. The van der Waals surface area contributed by atoms with Crippen LogP contribution < -0.4 is 5.32 Å². The zero-order chi connectivity index (χ0) is 16.6. The number of oxazole rings is 1. The molecule has 0 aliphatic heterocycles. The van der Waals surface area contributed by atoms with Crippen LogP contribution in [0.15, 0.2) is 40.8 Å². The van der Waals surface area contributed by atoms with Gasteiger partial charge in [-0.1, -0.05) is 25.4 Å². The Hall–Kier alpha value is -2.33. The maximum atomic E-state index is 12.4. The Morgan fingerprint density at radius 1 is 1.22 bits per heavy atom. The fourth-order valence-electron chi connectivity index (χ4n) is 2.29. The molecule has 0 spiro atoms. The van der Waals surface area contributed by atoms with Gasteiger partial charge in [-0.05, 0) is 48.9 Å².